The van der Waals surface area contributed by atoms with E-state index in [4.69, 9.17) is 4.74 Å². The average molecular weight is 301 g/mol. The number of hydrogen-bond donors (Lipinski definition) is 1. The number of benzene rings is 2. The van der Waals surface area contributed by atoms with Crippen molar-refractivity contribution in [3.05, 3.63) is 59.7 Å². The summed E-state index contributed by atoms with van der Waals surface area (Å²) >= 11 is 0. The van der Waals surface area contributed by atoms with E-state index in [1.807, 2.05) is 43.3 Å². The van der Waals surface area contributed by atoms with Crippen LogP contribution in [0.15, 0.2) is 48.5 Å². The maximum Gasteiger partial charge on any atom is 0.132 e. The number of fused-ring (bicyclic) bond motifs is 2. The lowest BCUT2D eigenvalue weighted by atomic mass is 9.94. The van der Waals surface area contributed by atoms with Crippen LogP contribution in [0.4, 0.5) is 0 Å². The minimum atomic E-state index is -0.824. The van der Waals surface area contributed by atoms with E-state index in [0.717, 1.165) is 22.6 Å². The van der Waals surface area contributed by atoms with Crippen LogP contribution in [0.1, 0.15) is 24.1 Å². The maximum absolute atomic E-state index is 11.6. The lowest BCUT2D eigenvalue weighted by Gasteiger charge is -2.29. The van der Waals surface area contributed by atoms with Crippen LogP contribution < -0.4 is 10.1 Å². The molecule has 1 N–H and O–H groups in total. The third kappa shape index (κ3) is 2.87. The highest BCUT2D eigenvalue weighted by Crippen LogP contribution is 2.42. The zero-order valence-corrected chi connectivity index (χ0v) is 13.0. The molecule has 2 atom stereocenters. The summed E-state index contributed by atoms with van der Waals surface area (Å²) in [7, 11) is -0.824. The molecule has 0 aliphatic carbocycles. The molecule has 0 saturated heterocycles. The fourth-order valence-electron chi connectivity index (χ4n) is 2.53. The van der Waals surface area contributed by atoms with Crippen LogP contribution in [0.3, 0.4) is 0 Å². The number of para-hydroxylation sites is 2. The van der Waals surface area contributed by atoms with Crippen molar-refractivity contribution in [2.24, 2.45) is 0 Å². The van der Waals surface area contributed by atoms with E-state index >= 15 is 0 Å². The van der Waals surface area contributed by atoms with Crippen LogP contribution in [-0.4, -0.2) is 22.3 Å². The van der Waals surface area contributed by atoms with Gasteiger partial charge in [0.2, 0.25) is 0 Å². The maximum atomic E-state index is 11.6. The predicted octanol–water partition coefficient (Wildman–Crippen LogP) is 3.24. The molecule has 4 heteroatoms. The molecule has 3 nitrogen and oxygen atoms in total. The molecule has 0 spiro atoms. The van der Waals surface area contributed by atoms with Gasteiger partial charge in [-0.3, -0.25) is 4.21 Å². The summed E-state index contributed by atoms with van der Waals surface area (Å²) in [5, 5.41) is 3.66. The van der Waals surface area contributed by atoms with Gasteiger partial charge < -0.3 is 10.1 Å². The Hall–Kier alpha value is -1.65. The molecule has 2 unspecified atom stereocenters. The molecule has 1 aliphatic rings. The zero-order valence-electron chi connectivity index (χ0n) is 12.2. The van der Waals surface area contributed by atoms with Gasteiger partial charge in [0.25, 0.3) is 0 Å². The smallest absolute Gasteiger partial charge is 0.132 e. The Balaban J connectivity index is 1.93. The lowest BCUT2D eigenvalue weighted by molar-refractivity contribution is 0.428. The standard InChI is InChI=1S/C17H19NO2S/c1-12(21(2)19)11-18-17-13-7-3-5-9-15(13)20-16-10-6-4-8-14(16)17/h3-10,12,17-18H,11H2,1-2H3. The van der Waals surface area contributed by atoms with E-state index in [1.54, 1.807) is 6.26 Å². The monoisotopic (exact) mass is 301 g/mol. The van der Waals surface area contributed by atoms with Crippen LogP contribution >= 0.6 is 0 Å². The van der Waals surface area contributed by atoms with Crippen molar-refractivity contribution < 1.29 is 8.95 Å². The van der Waals surface area contributed by atoms with Crippen LogP contribution in [0.25, 0.3) is 0 Å². The molecule has 110 valence electrons. The summed E-state index contributed by atoms with van der Waals surface area (Å²) in [6.45, 7) is 2.71. The first-order valence-corrected chi connectivity index (χ1v) is 8.70. The highest BCUT2D eigenvalue weighted by molar-refractivity contribution is 7.84. The Morgan fingerprint density at radius 3 is 2.14 bits per heavy atom. The van der Waals surface area contributed by atoms with E-state index < -0.39 is 10.8 Å². The summed E-state index contributed by atoms with van der Waals surface area (Å²) < 4.78 is 17.5. The van der Waals surface area contributed by atoms with Crippen molar-refractivity contribution >= 4 is 10.8 Å². The van der Waals surface area contributed by atoms with Gasteiger partial charge in [0, 0.05) is 40.0 Å². The Morgan fingerprint density at radius 1 is 1.10 bits per heavy atom. The highest BCUT2D eigenvalue weighted by Gasteiger charge is 2.26. The van der Waals surface area contributed by atoms with E-state index in [-0.39, 0.29) is 11.3 Å². The number of nitrogens with one attached hydrogen (secondary N) is 1. The van der Waals surface area contributed by atoms with Gasteiger partial charge in [-0.2, -0.15) is 0 Å². The molecule has 0 fully saturated rings. The van der Waals surface area contributed by atoms with Crippen molar-refractivity contribution in [2.75, 3.05) is 12.8 Å². The molecule has 3 rings (SSSR count). The second-order valence-electron chi connectivity index (χ2n) is 5.33. The van der Waals surface area contributed by atoms with Crippen LogP contribution in [0.5, 0.6) is 11.5 Å². The summed E-state index contributed by atoms with van der Waals surface area (Å²) in [5.74, 6) is 1.78. The Kier molecular flexibility index (Phi) is 4.08. The lowest BCUT2D eigenvalue weighted by Crippen LogP contribution is -2.32. The molecular formula is C17H19NO2S. The summed E-state index contributed by atoms with van der Waals surface area (Å²) in [5.41, 5.74) is 2.26. The quantitative estimate of drug-likeness (QED) is 0.942. The van der Waals surface area contributed by atoms with Crippen molar-refractivity contribution in [2.45, 2.75) is 18.2 Å². The van der Waals surface area contributed by atoms with Crippen LogP contribution in [-0.2, 0) is 10.8 Å². The molecule has 2 aromatic rings. The minimum absolute atomic E-state index is 0.0807. The molecule has 0 saturated carbocycles. The zero-order chi connectivity index (χ0) is 14.8. The summed E-state index contributed by atoms with van der Waals surface area (Å²) in [4.78, 5) is 0. The average Bonchev–Trinajstić information content (AvgIpc) is 2.51. The second-order valence-corrected chi connectivity index (χ2v) is 7.13. The molecule has 2 aromatic carbocycles. The van der Waals surface area contributed by atoms with E-state index in [0.29, 0.717) is 6.54 Å². The summed E-state index contributed by atoms with van der Waals surface area (Å²) in [6.07, 6.45) is 1.75. The van der Waals surface area contributed by atoms with Gasteiger partial charge in [-0.1, -0.05) is 36.4 Å². The van der Waals surface area contributed by atoms with Crippen molar-refractivity contribution in [3.63, 3.8) is 0 Å². The van der Waals surface area contributed by atoms with E-state index in [1.165, 1.54) is 0 Å². The fourth-order valence-corrected chi connectivity index (χ4v) is 2.86. The van der Waals surface area contributed by atoms with Crippen molar-refractivity contribution in [1.29, 1.82) is 0 Å². The van der Waals surface area contributed by atoms with E-state index in [9.17, 15) is 4.21 Å². The minimum Gasteiger partial charge on any atom is -0.457 e. The van der Waals surface area contributed by atoms with Gasteiger partial charge >= 0.3 is 0 Å². The van der Waals surface area contributed by atoms with Crippen LogP contribution in [0.2, 0.25) is 0 Å². The molecule has 0 aromatic heterocycles. The molecule has 1 aliphatic heterocycles. The van der Waals surface area contributed by atoms with Crippen molar-refractivity contribution in [3.8, 4) is 11.5 Å². The van der Waals surface area contributed by atoms with E-state index in [2.05, 4.69) is 17.4 Å². The highest BCUT2D eigenvalue weighted by atomic mass is 32.2. The molecule has 1 heterocycles. The first-order chi connectivity index (χ1) is 10.2. The number of ether oxygens (including phenoxy) is 1. The van der Waals surface area contributed by atoms with Gasteiger partial charge in [0.15, 0.2) is 0 Å². The van der Waals surface area contributed by atoms with Gasteiger partial charge in [-0.15, -0.1) is 0 Å². The van der Waals surface area contributed by atoms with Crippen molar-refractivity contribution in [1.82, 2.24) is 5.32 Å². The molecule has 0 radical (unpaired) electrons. The first kappa shape index (κ1) is 14.3. The fraction of sp³-hybridized carbons (Fsp3) is 0.294. The Bertz CT molecular complexity index is 626. The molecule has 21 heavy (non-hydrogen) atoms. The Labute approximate surface area is 127 Å². The van der Waals surface area contributed by atoms with Gasteiger partial charge in [0.05, 0.1) is 6.04 Å². The topological polar surface area (TPSA) is 38.3 Å². The normalized spacial score (nSPS) is 16.5. The van der Waals surface area contributed by atoms with Gasteiger partial charge in [0.1, 0.15) is 11.5 Å². The third-order valence-electron chi connectivity index (χ3n) is 3.86. The Morgan fingerprint density at radius 2 is 1.62 bits per heavy atom. The largest absolute Gasteiger partial charge is 0.457 e. The first-order valence-electron chi connectivity index (χ1n) is 7.08. The summed E-state index contributed by atoms with van der Waals surface area (Å²) in [6, 6.07) is 16.2. The SMILES string of the molecule is CC(CNC1c2ccccc2Oc2ccccc21)S(C)=O. The number of rotatable bonds is 4. The van der Waals surface area contributed by atoms with Gasteiger partial charge in [-0.05, 0) is 19.1 Å². The second kappa shape index (κ2) is 6.00. The molecule has 0 amide bonds. The van der Waals surface area contributed by atoms with Crippen LogP contribution in [0, 0.1) is 0 Å². The van der Waals surface area contributed by atoms with Gasteiger partial charge in [-0.25, -0.2) is 0 Å². The number of hydrogen-bond acceptors (Lipinski definition) is 3. The third-order valence-corrected chi connectivity index (χ3v) is 5.16. The predicted molar refractivity (Wildman–Crippen MR) is 86.3 cm³/mol. The molecular weight excluding hydrogens is 282 g/mol. The molecule has 0 bridgehead atoms.